The van der Waals surface area contributed by atoms with Crippen molar-refractivity contribution in [2.75, 3.05) is 46.6 Å². The van der Waals surface area contributed by atoms with Gasteiger partial charge < -0.3 is 49.6 Å². The van der Waals surface area contributed by atoms with Crippen LogP contribution in [-0.2, 0) is 35.0 Å². The minimum atomic E-state index is -2.25. The Morgan fingerprint density at radius 3 is 2.52 bits per heavy atom. The van der Waals surface area contributed by atoms with Gasteiger partial charge in [-0.25, -0.2) is 0 Å². The summed E-state index contributed by atoms with van der Waals surface area (Å²) in [6.07, 6.45) is -2.83. The van der Waals surface area contributed by atoms with E-state index < -0.39 is 83.4 Å². The molecule has 258 valence electrons. The molecule has 5 atom stereocenters. The summed E-state index contributed by atoms with van der Waals surface area (Å²) in [6.45, 7) is 3.45. The SMILES string of the molecule is CCNC(=O)CNC(=O)[C@]1(O)Cc2c(O)c3c(c(O)c2[C@@H](OC2CC[C@H](OC4COCCN4)CO2)C1)C(=O)c1c(OC)cccc1C3=O. The number of phenols is 2. The number of nitrogens with one attached hydrogen (secondary N) is 3. The van der Waals surface area contributed by atoms with Crippen LogP contribution in [0.3, 0.4) is 0 Å². The van der Waals surface area contributed by atoms with E-state index in [1.54, 1.807) is 6.92 Å². The van der Waals surface area contributed by atoms with E-state index in [2.05, 4.69) is 16.0 Å². The van der Waals surface area contributed by atoms with E-state index in [4.69, 9.17) is 23.7 Å². The van der Waals surface area contributed by atoms with Gasteiger partial charge in [-0.1, -0.05) is 12.1 Å². The molecule has 6 N–H and O–H groups in total. The Labute approximate surface area is 275 Å². The van der Waals surface area contributed by atoms with Crippen LogP contribution in [0.1, 0.15) is 75.3 Å². The molecule has 0 saturated carbocycles. The molecule has 6 rings (SSSR count). The van der Waals surface area contributed by atoms with E-state index in [9.17, 15) is 34.5 Å². The number of rotatable bonds is 9. The highest BCUT2D eigenvalue weighted by atomic mass is 16.7. The molecule has 0 spiro atoms. The number of morpholine rings is 1. The molecule has 2 aliphatic heterocycles. The minimum Gasteiger partial charge on any atom is -0.507 e. The number of fused-ring (bicyclic) bond motifs is 3. The van der Waals surface area contributed by atoms with Gasteiger partial charge in [0.05, 0.1) is 62.4 Å². The first-order valence-corrected chi connectivity index (χ1v) is 15.9. The third kappa shape index (κ3) is 6.24. The summed E-state index contributed by atoms with van der Waals surface area (Å²) < 4.78 is 29.0. The van der Waals surface area contributed by atoms with Crippen LogP contribution >= 0.6 is 0 Å². The van der Waals surface area contributed by atoms with Gasteiger partial charge in [-0.05, 0) is 19.4 Å². The van der Waals surface area contributed by atoms with Gasteiger partial charge >= 0.3 is 0 Å². The molecule has 2 aliphatic carbocycles. The number of hydrogen-bond donors (Lipinski definition) is 6. The van der Waals surface area contributed by atoms with Crippen LogP contribution in [0, 0.1) is 0 Å². The molecule has 0 aromatic heterocycles. The van der Waals surface area contributed by atoms with E-state index >= 15 is 0 Å². The van der Waals surface area contributed by atoms with Crippen LogP contribution in [-0.4, -0.2) is 109 Å². The summed E-state index contributed by atoms with van der Waals surface area (Å²) in [5.41, 5.74) is -3.46. The molecule has 0 bridgehead atoms. The number of phenolic OH excluding ortho intramolecular Hbond substituents is 2. The zero-order chi connectivity index (χ0) is 34.2. The largest absolute Gasteiger partial charge is 0.507 e. The van der Waals surface area contributed by atoms with E-state index in [1.807, 2.05) is 0 Å². The first kappa shape index (κ1) is 33.8. The predicted octanol–water partition coefficient (Wildman–Crippen LogP) is 0.337. The van der Waals surface area contributed by atoms with E-state index in [0.717, 1.165) is 0 Å². The fraction of sp³-hybridized carbons (Fsp3) is 0.515. The molecule has 2 aromatic carbocycles. The van der Waals surface area contributed by atoms with Crippen molar-refractivity contribution in [3.8, 4) is 17.2 Å². The molecule has 2 saturated heterocycles. The van der Waals surface area contributed by atoms with Crippen molar-refractivity contribution in [2.24, 2.45) is 0 Å². The topological polar surface area (TPSA) is 211 Å². The number of carbonyl (C=O) groups is 4. The third-order valence-corrected chi connectivity index (χ3v) is 9.03. The van der Waals surface area contributed by atoms with E-state index in [0.29, 0.717) is 39.1 Å². The molecule has 2 fully saturated rings. The lowest BCUT2D eigenvalue weighted by Crippen LogP contribution is -2.53. The summed E-state index contributed by atoms with van der Waals surface area (Å²) in [5, 5.41) is 43.3. The highest BCUT2D eigenvalue weighted by molar-refractivity contribution is 6.31. The molecule has 48 heavy (non-hydrogen) atoms. The lowest BCUT2D eigenvalue weighted by atomic mass is 9.72. The third-order valence-electron chi connectivity index (χ3n) is 9.03. The number of hydrogen-bond acceptors (Lipinski definition) is 13. The van der Waals surface area contributed by atoms with Crippen LogP contribution in [0.5, 0.6) is 17.2 Å². The first-order valence-electron chi connectivity index (χ1n) is 15.9. The van der Waals surface area contributed by atoms with Crippen molar-refractivity contribution >= 4 is 23.4 Å². The van der Waals surface area contributed by atoms with Gasteiger partial charge in [0.1, 0.15) is 29.1 Å². The zero-order valence-electron chi connectivity index (χ0n) is 26.6. The highest BCUT2D eigenvalue weighted by Gasteiger charge is 2.50. The smallest absolute Gasteiger partial charge is 0.252 e. The van der Waals surface area contributed by atoms with Crippen LogP contribution < -0.4 is 20.7 Å². The van der Waals surface area contributed by atoms with Gasteiger partial charge in [0.25, 0.3) is 5.91 Å². The zero-order valence-corrected chi connectivity index (χ0v) is 26.6. The number of aromatic hydroxyl groups is 2. The Hall–Kier alpha value is -4.12. The van der Waals surface area contributed by atoms with Crippen molar-refractivity contribution < 1.29 is 58.2 Å². The van der Waals surface area contributed by atoms with Gasteiger partial charge in [0.15, 0.2) is 12.1 Å². The van der Waals surface area contributed by atoms with Crippen molar-refractivity contribution in [1.82, 2.24) is 16.0 Å². The minimum absolute atomic E-state index is 0.0394. The molecule has 2 aromatic rings. The number of carbonyl (C=O) groups excluding carboxylic acids is 4. The molecule has 4 aliphatic rings. The molecule has 15 heteroatoms. The lowest BCUT2D eigenvalue weighted by molar-refractivity contribution is -0.233. The number of likely N-dealkylation sites (N-methyl/N-ethyl adjacent to an activating group) is 1. The van der Waals surface area contributed by atoms with Crippen molar-refractivity contribution in [3.63, 3.8) is 0 Å². The van der Waals surface area contributed by atoms with Crippen LogP contribution in [0.4, 0.5) is 0 Å². The number of methoxy groups -OCH3 is 1. The van der Waals surface area contributed by atoms with Gasteiger partial charge in [-0.15, -0.1) is 0 Å². The fourth-order valence-electron chi connectivity index (χ4n) is 6.75. The Bertz CT molecular complexity index is 1620. The maximum atomic E-state index is 13.9. The van der Waals surface area contributed by atoms with Crippen molar-refractivity contribution in [2.45, 2.75) is 62.9 Å². The highest BCUT2D eigenvalue weighted by Crippen LogP contribution is 2.52. The number of ketones is 2. The van der Waals surface area contributed by atoms with Gasteiger partial charge in [0, 0.05) is 49.0 Å². The second-order valence-electron chi connectivity index (χ2n) is 12.2. The maximum absolute atomic E-state index is 13.9. The van der Waals surface area contributed by atoms with E-state index in [1.165, 1.54) is 25.3 Å². The lowest BCUT2D eigenvalue weighted by Gasteiger charge is -2.41. The molecule has 15 nitrogen and oxygen atoms in total. The van der Waals surface area contributed by atoms with Gasteiger partial charge in [-0.3, -0.25) is 24.5 Å². The number of amides is 2. The second-order valence-corrected chi connectivity index (χ2v) is 12.2. The average Bonchev–Trinajstić information content (AvgIpc) is 3.08. The maximum Gasteiger partial charge on any atom is 0.252 e. The molecule has 0 radical (unpaired) electrons. The Morgan fingerprint density at radius 2 is 1.83 bits per heavy atom. The predicted molar refractivity (Wildman–Crippen MR) is 165 cm³/mol. The summed E-state index contributed by atoms with van der Waals surface area (Å²) in [7, 11) is 1.34. The summed E-state index contributed by atoms with van der Waals surface area (Å²) in [4.78, 5) is 53.1. The number of aliphatic hydroxyl groups is 1. The fourth-order valence-corrected chi connectivity index (χ4v) is 6.75. The monoisotopic (exact) mass is 669 g/mol. The number of benzene rings is 2. The van der Waals surface area contributed by atoms with Crippen LogP contribution in [0.25, 0.3) is 0 Å². The summed E-state index contributed by atoms with van der Waals surface area (Å²) in [6, 6.07) is 4.43. The van der Waals surface area contributed by atoms with Crippen molar-refractivity contribution in [3.05, 3.63) is 51.6 Å². The first-order chi connectivity index (χ1) is 23.1. The quantitative estimate of drug-likeness (QED) is 0.170. The Kier molecular flexibility index (Phi) is 9.69. The standard InChI is InChI=1S/C33H39N3O12/c1-3-34-21(37)13-36-32(42)33(43)11-18-25(20(12-33)48-23-8-7-16(14-46-23)47-22-15-45-10-9-35-22)31(41)27-26(29(18)39)28(38)17-5-4-6-19(44-2)24(17)30(27)40/h4-6,16,20,22-23,35,39,41,43H,3,7-15H2,1-2H3,(H,34,37)(H,36,42)/t16-,20-,22?,23?,33-/m0/s1. The van der Waals surface area contributed by atoms with Crippen molar-refractivity contribution in [1.29, 1.82) is 0 Å². The summed E-state index contributed by atoms with van der Waals surface area (Å²) >= 11 is 0. The van der Waals surface area contributed by atoms with E-state index in [-0.39, 0.29) is 46.9 Å². The molecular formula is C33H39N3O12. The Morgan fingerprint density at radius 1 is 1.04 bits per heavy atom. The molecule has 2 heterocycles. The normalized spacial score (nSPS) is 26.6. The van der Waals surface area contributed by atoms with Crippen LogP contribution in [0.2, 0.25) is 0 Å². The Balaban J connectivity index is 1.34. The molecule has 2 amide bonds. The van der Waals surface area contributed by atoms with Gasteiger partial charge in [-0.2, -0.15) is 0 Å². The molecule has 2 unspecified atom stereocenters. The number of ether oxygens (including phenoxy) is 5. The second kappa shape index (κ2) is 13.8. The van der Waals surface area contributed by atoms with Gasteiger partial charge in [0.2, 0.25) is 11.7 Å². The van der Waals surface area contributed by atoms with Crippen LogP contribution in [0.15, 0.2) is 18.2 Å². The molecular weight excluding hydrogens is 630 g/mol. The average molecular weight is 670 g/mol. The summed E-state index contributed by atoms with van der Waals surface area (Å²) in [5.74, 6) is -4.09.